The molecule has 0 aromatic heterocycles. The molecular formula is C27H50N6O4. The highest BCUT2D eigenvalue weighted by molar-refractivity contribution is 5.69. The van der Waals surface area contributed by atoms with Gasteiger partial charge in [0.15, 0.2) is 0 Å². The number of nitrogens with one attached hydrogen (secondary N) is 1. The molecule has 212 valence electrons. The number of hydrogen-bond acceptors (Lipinski definition) is 9. The summed E-state index contributed by atoms with van der Waals surface area (Å²) in [5.41, 5.74) is 0.635. The first-order valence-corrected chi connectivity index (χ1v) is 14.5. The fraction of sp³-hybridized carbons (Fsp3) is 0.963. The van der Waals surface area contributed by atoms with Crippen molar-refractivity contribution >= 4 is 6.09 Å². The molecule has 6 rings (SSSR count). The van der Waals surface area contributed by atoms with Crippen LogP contribution in [0.5, 0.6) is 0 Å². The van der Waals surface area contributed by atoms with Crippen LogP contribution in [0.2, 0.25) is 0 Å². The number of rotatable bonds is 6. The lowest BCUT2D eigenvalue weighted by atomic mass is 9.73. The Morgan fingerprint density at radius 2 is 1.14 bits per heavy atom. The summed E-state index contributed by atoms with van der Waals surface area (Å²) in [7, 11) is 0. The van der Waals surface area contributed by atoms with Gasteiger partial charge in [-0.05, 0) is 20.8 Å². The van der Waals surface area contributed by atoms with Crippen LogP contribution in [-0.2, 0) is 14.2 Å². The Kier molecular flexibility index (Phi) is 8.65. The molecule has 10 heteroatoms. The predicted octanol–water partition coefficient (Wildman–Crippen LogP) is 0.0951. The van der Waals surface area contributed by atoms with Gasteiger partial charge in [0.2, 0.25) is 0 Å². The van der Waals surface area contributed by atoms with Gasteiger partial charge in [0.1, 0.15) is 5.60 Å². The summed E-state index contributed by atoms with van der Waals surface area (Å²) in [5, 5.41) is 3.38. The normalized spacial score (nSPS) is 27.9. The lowest BCUT2D eigenvalue weighted by Crippen LogP contribution is -2.73. The van der Waals surface area contributed by atoms with E-state index in [0.717, 1.165) is 91.9 Å². The van der Waals surface area contributed by atoms with E-state index in [1.807, 2.05) is 25.7 Å². The van der Waals surface area contributed by atoms with E-state index >= 15 is 0 Å². The number of carbonyl (C=O) groups excluding carboxylic acids is 1. The summed E-state index contributed by atoms with van der Waals surface area (Å²) in [6.45, 7) is 27.6. The van der Waals surface area contributed by atoms with Crippen molar-refractivity contribution in [3.8, 4) is 0 Å². The predicted molar refractivity (Wildman–Crippen MR) is 143 cm³/mol. The quantitative estimate of drug-likeness (QED) is 0.523. The zero-order chi connectivity index (χ0) is 25.9. The Morgan fingerprint density at radius 3 is 1.54 bits per heavy atom. The minimum Gasteiger partial charge on any atom is -0.444 e. The lowest BCUT2D eigenvalue weighted by molar-refractivity contribution is -0.114. The average molecular weight is 523 g/mol. The van der Waals surface area contributed by atoms with Crippen molar-refractivity contribution in [1.82, 2.24) is 29.8 Å². The number of morpholine rings is 2. The van der Waals surface area contributed by atoms with E-state index in [9.17, 15) is 4.79 Å². The van der Waals surface area contributed by atoms with E-state index in [1.165, 1.54) is 39.3 Å². The molecule has 2 spiro atoms. The molecule has 6 saturated heterocycles. The molecule has 10 nitrogen and oxygen atoms in total. The molecule has 6 aliphatic rings. The number of hydrogen-bond donors (Lipinski definition) is 1. The molecule has 0 radical (unpaired) electrons. The van der Waals surface area contributed by atoms with Crippen LogP contribution in [0.15, 0.2) is 0 Å². The van der Waals surface area contributed by atoms with Gasteiger partial charge in [-0.2, -0.15) is 0 Å². The first-order valence-electron chi connectivity index (χ1n) is 14.5. The second kappa shape index (κ2) is 11.6. The van der Waals surface area contributed by atoms with E-state index in [0.29, 0.717) is 10.8 Å². The zero-order valence-electron chi connectivity index (χ0n) is 23.5. The third-order valence-corrected chi connectivity index (χ3v) is 8.61. The zero-order valence-corrected chi connectivity index (χ0v) is 23.5. The molecule has 1 amide bonds. The Morgan fingerprint density at radius 1 is 0.703 bits per heavy atom. The monoisotopic (exact) mass is 522 g/mol. The molecule has 0 aliphatic carbocycles. The van der Waals surface area contributed by atoms with Gasteiger partial charge >= 0.3 is 6.09 Å². The SMILES string of the molecule is C1CN(CCN2CC3(CNC3)C2)CCO1.CC(C)(C)OC(=O)N1CC2(CN(CCN3CCOCC3)C2)C1. The van der Waals surface area contributed by atoms with E-state index < -0.39 is 5.60 Å². The number of likely N-dealkylation sites (tertiary alicyclic amines) is 3. The van der Waals surface area contributed by atoms with Gasteiger partial charge in [0, 0.05) is 116 Å². The summed E-state index contributed by atoms with van der Waals surface area (Å²) < 4.78 is 16.1. The summed E-state index contributed by atoms with van der Waals surface area (Å²) in [5.74, 6) is 0. The second-order valence-electron chi connectivity index (χ2n) is 13.3. The second-order valence-corrected chi connectivity index (χ2v) is 13.3. The molecule has 0 atom stereocenters. The van der Waals surface area contributed by atoms with Crippen molar-refractivity contribution < 1.29 is 19.0 Å². The Bertz CT molecular complexity index is 738. The van der Waals surface area contributed by atoms with Gasteiger partial charge in [0.05, 0.1) is 26.4 Å². The lowest BCUT2D eigenvalue weighted by Gasteiger charge is -2.60. The van der Waals surface area contributed by atoms with Gasteiger partial charge in [-0.25, -0.2) is 4.79 Å². The van der Waals surface area contributed by atoms with Crippen LogP contribution in [-0.4, -0.2) is 167 Å². The van der Waals surface area contributed by atoms with Crippen LogP contribution >= 0.6 is 0 Å². The van der Waals surface area contributed by atoms with Crippen LogP contribution in [0.25, 0.3) is 0 Å². The summed E-state index contributed by atoms with van der Waals surface area (Å²) in [6, 6.07) is 0. The number of ether oxygens (including phenoxy) is 3. The molecule has 0 bridgehead atoms. The topological polar surface area (TPSA) is 73.0 Å². The Hall–Kier alpha value is -1.01. The summed E-state index contributed by atoms with van der Waals surface area (Å²) in [6.07, 6.45) is -0.162. The molecule has 6 aliphatic heterocycles. The summed E-state index contributed by atoms with van der Waals surface area (Å²) in [4.78, 5) is 23.9. The Balaban J connectivity index is 0.000000162. The van der Waals surface area contributed by atoms with Gasteiger partial charge in [-0.3, -0.25) is 9.80 Å². The molecule has 0 unspecified atom stereocenters. The molecule has 37 heavy (non-hydrogen) atoms. The molecule has 6 fully saturated rings. The van der Waals surface area contributed by atoms with Crippen LogP contribution < -0.4 is 5.32 Å². The highest BCUT2D eigenvalue weighted by Gasteiger charge is 2.53. The molecule has 1 N–H and O–H groups in total. The molecule has 0 aromatic carbocycles. The highest BCUT2D eigenvalue weighted by Crippen LogP contribution is 2.40. The minimum absolute atomic E-state index is 0.162. The van der Waals surface area contributed by atoms with Gasteiger partial charge < -0.3 is 34.2 Å². The maximum atomic E-state index is 12.0. The van der Waals surface area contributed by atoms with Crippen molar-refractivity contribution in [1.29, 1.82) is 0 Å². The molecular weight excluding hydrogens is 472 g/mol. The van der Waals surface area contributed by atoms with E-state index in [2.05, 4.69) is 24.9 Å². The van der Waals surface area contributed by atoms with E-state index in [4.69, 9.17) is 14.2 Å². The van der Waals surface area contributed by atoms with Crippen molar-refractivity contribution in [3.63, 3.8) is 0 Å². The van der Waals surface area contributed by atoms with Crippen molar-refractivity contribution in [2.45, 2.75) is 26.4 Å². The number of amides is 1. The maximum Gasteiger partial charge on any atom is 0.410 e. The summed E-state index contributed by atoms with van der Waals surface area (Å²) >= 11 is 0. The molecule has 6 heterocycles. The van der Waals surface area contributed by atoms with E-state index in [-0.39, 0.29) is 6.09 Å². The minimum atomic E-state index is -0.399. The fourth-order valence-corrected chi connectivity index (χ4v) is 6.46. The number of carbonyl (C=O) groups is 1. The average Bonchev–Trinajstić information content (AvgIpc) is 2.75. The van der Waals surface area contributed by atoms with Crippen LogP contribution in [0, 0.1) is 10.8 Å². The standard InChI is InChI=1S/C16H29N3O3.C11H21N3O/c1-15(2,3)22-14(20)19-12-16(13-19)10-18(11-16)5-4-17-6-8-21-9-7-17;1(13-3-5-15-6-4-13)2-14-9-11(10-14)7-12-8-11/h4-13H2,1-3H3;12H,1-10H2. The van der Waals surface area contributed by atoms with Gasteiger partial charge in [-0.15, -0.1) is 0 Å². The van der Waals surface area contributed by atoms with Crippen molar-refractivity contribution in [2.24, 2.45) is 10.8 Å². The van der Waals surface area contributed by atoms with Crippen LogP contribution in [0.4, 0.5) is 4.79 Å². The van der Waals surface area contributed by atoms with Gasteiger partial charge in [-0.1, -0.05) is 0 Å². The van der Waals surface area contributed by atoms with Crippen molar-refractivity contribution in [3.05, 3.63) is 0 Å². The van der Waals surface area contributed by atoms with Crippen LogP contribution in [0.3, 0.4) is 0 Å². The first-order chi connectivity index (χ1) is 17.7. The first kappa shape index (κ1) is 27.6. The smallest absolute Gasteiger partial charge is 0.410 e. The number of nitrogens with zero attached hydrogens (tertiary/aromatic N) is 5. The largest absolute Gasteiger partial charge is 0.444 e. The molecule has 0 saturated carbocycles. The third kappa shape index (κ3) is 7.35. The highest BCUT2D eigenvalue weighted by atomic mass is 16.6. The molecule has 0 aromatic rings. The van der Waals surface area contributed by atoms with Crippen LogP contribution in [0.1, 0.15) is 20.8 Å². The Labute approximate surface area is 223 Å². The van der Waals surface area contributed by atoms with Crippen molar-refractivity contribution in [2.75, 3.05) is 131 Å². The van der Waals surface area contributed by atoms with E-state index in [1.54, 1.807) is 0 Å². The third-order valence-electron chi connectivity index (χ3n) is 8.61. The maximum absolute atomic E-state index is 12.0. The van der Waals surface area contributed by atoms with Gasteiger partial charge in [0.25, 0.3) is 0 Å². The fourth-order valence-electron chi connectivity index (χ4n) is 6.46.